The van der Waals surface area contributed by atoms with Crippen LogP contribution in [0.2, 0.25) is 0 Å². The number of nitrogens with one attached hydrogen (secondary N) is 2. The van der Waals surface area contributed by atoms with E-state index < -0.39 is 17.2 Å². The molecule has 0 saturated carbocycles. The molecule has 0 aliphatic carbocycles. The number of amides is 1. The molecule has 1 aromatic heterocycles. The molecule has 0 unspecified atom stereocenters. The summed E-state index contributed by atoms with van der Waals surface area (Å²) in [5.41, 5.74) is -0.792. The van der Waals surface area contributed by atoms with Gasteiger partial charge in [0.05, 0.1) is 0 Å². The number of aromatic nitrogens is 2. The van der Waals surface area contributed by atoms with Gasteiger partial charge >= 0.3 is 5.69 Å². The molecule has 1 rings (SSSR count). The van der Waals surface area contributed by atoms with Gasteiger partial charge in [-0.2, -0.15) is 0 Å². The zero-order valence-corrected chi connectivity index (χ0v) is 14.5. The lowest BCUT2D eigenvalue weighted by atomic mass is 10.3. The van der Waals surface area contributed by atoms with Crippen molar-refractivity contribution in [1.82, 2.24) is 14.9 Å². The second-order valence-electron chi connectivity index (χ2n) is 3.61. The zero-order valence-electron chi connectivity index (χ0n) is 14.5. The van der Waals surface area contributed by atoms with Crippen molar-refractivity contribution >= 4 is 5.91 Å². The quantitative estimate of drug-likeness (QED) is 0.841. The van der Waals surface area contributed by atoms with Crippen molar-refractivity contribution < 1.29 is 4.79 Å². The van der Waals surface area contributed by atoms with E-state index in [2.05, 4.69) is 10.3 Å². The van der Waals surface area contributed by atoms with Gasteiger partial charge in [-0.3, -0.25) is 14.6 Å². The third kappa shape index (κ3) is 6.88. The lowest BCUT2D eigenvalue weighted by Gasteiger charge is -2.05. The average molecular weight is 309 g/mol. The minimum atomic E-state index is -0.702. The van der Waals surface area contributed by atoms with E-state index in [1.165, 1.54) is 13.2 Å². The van der Waals surface area contributed by atoms with Crippen LogP contribution in [0.15, 0.2) is 39.7 Å². The molecule has 0 aliphatic rings. The Morgan fingerprint density at radius 3 is 2.18 bits per heavy atom. The van der Waals surface area contributed by atoms with Crippen LogP contribution in [0.4, 0.5) is 0 Å². The van der Waals surface area contributed by atoms with E-state index in [0.717, 1.165) is 4.57 Å². The topological polar surface area (TPSA) is 84.0 Å². The van der Waals surface area contributed by atoms with Crippen LogP contribution in [0, 0.1) is 0 Å². The summed E-state index contributed by atoms with van der Waals surface area (Å²) in [4.78, 5) is 36.6. The Bertz CT molecular complexity index is 622. The Morgan fingerprint density at radius 2 is 1.73 bits per heavy atom. The molecule has 0 bridgehead atoms. The molecular weight excluding hydrogens is 282 g/mol. The van der Waals surface area contributed by atoms with Crippen molar-refractivity contribution in [3.8, 4) is 0 Å². The molecule has 0 saturated heterocycles. The monoisotopic (exact) mass is 309 g/mol. The number of carbonyl (C=O) groups is 1. The summed E-state index contributed by atoms with van der Waals surface area (Å²) in [5.74, 6) is -0.557. The van der Waals surface area contributed by atoms with Crippen LogP contribution in [0.3, 0.4) is 0 Å². The minimum absolute atomic E-state index is 0.110. The summed E-state index contributed by atoms with van der Waals surface area (Å²) in [5, 5.41) is 2.57. The molecule has 0 atom stereocenters. The molecule has 0 aliphatic heterocycles. The number of hydrogen-bond donors (Lipinski definition) is 2. The van der Waals surface area contributed by atoms with Gasteiger partial charge in [-0.1, -0.05) is 39.8 Å². The van der Waals surface area contributed by atoms with Crippen LogP contribution in [0.1, 0.15) is 51.9 Å². The maximum absolute atomic E-state index is 11.9. The largest absolute Gasteiger partial charge is 0.328 e. The van der Waals surface area contributed by atoms with Gasteiger partial charge in [0.25, 0.3) is 11.5 Å². The highest BCUT2D eigenvalue weighted by Gasteiger charge is 2.12. The number of nitrogens with zero attached hydrogens (tertiary/aromatic N) is 1. The second kappa shape index (κ2) is 12.4. The Kier molecular flexibility index (Phi) is 12.3. The summed E-state index contributed by atoms with van der Waals surface area (Å²) < 4.78 is 1.14. The second-order valence-corrected chi connectivity index (χ2v) is 3.61. The third-order valence-electron chi connectivity index (χ3n) is 2.27. The molecule has 6 nitrogen and oxygen atoms in total. The maximum atomic E-state index is 11.9. The summed E-state index contributed by atoms with van der Waals surface area (Å²) in [7, 11) is 1.46. The first kappa shape index (κ1) is 21.9. The van der Waals surface area contributed by atoms with E-state index in [9.17, 15) is 14.4 Å². The van der Waals surface area contributed by atoms with Crippen molar-refractivity contribution in [2.24, 2.45) is 7.05 Å². The van der Waals surface area contributed by atoms with Gasteiger partial charge in [0, 0.05) is 18.9 Å². The first-order valence-corrected chi connectivity index (χ1v) is 7.40. The molecule has 22 heavy (non-hydrogen) atoms. The molecule has 0 aromatic carbocycles. The van der Waals surface area contributed by atoms with Crippen LogP contribution in [-0.2, 0) is 7.05 Å². The van der Waals surface area contributed by atoms with E-state index in [0.29, 0.717) is 5.70 Å². The lowest BCUT2D eigenvalue weighted by Crippen LogP contribution is -2.35. The van der Waals surface area contributed by atoms with Gasteiger partial charge in [-0.25, -0.2) is 4.79 Å². The molecule has 6 heteroatoms. The maximum Gasteiger partial charge on any atom is 0.328 e. The molecule has 1 aromatic rings. The van der Waals surface area contributed by atoms with Gasteiger partial charge in [0.1, 0.15) is 5.56 Å². The predicted octanol–water partition coefficient (Wildman–Crippen LogP) is 2.34. The summed E-state index contributed by atoms with van der Waals surface area (Å²) in [6.07, 6.45) is 6.38. The summed E-state index contributed by atoms with van der Waals surface area (Å²) >= 11 is 0. The van der Waals surface area contributed by atoms with Gasteiger partial charge < -0.3 is 9.88 Å². The fourth-order valence-corrected chi connectivity index (χ4v) is 1.31. The molecular formula is C16H27N3O3. The fourth-order valence-electron chi connectivity index (χ4n) is 1.31. The third-order valence-corrected chi connectivity index (χ3v) is 2.27. The highest BCUT2D eigenvalue weighted by Crippen LogP contribution is 1.95. The number of aromatic amines is 1. The molecule has 0 spiro atoms. The van der Waals surface area contributed by atoms with Crippen LogP contribution in [-0.4, -0.2) is 15.5 Å². The number of carbonyl (C=O) groups excluding carboxylic acids is 1. The van der Waals surface area contributed by atoms with Crippen molar-refractivity contribution in [3.63, 3.8) is 0 Å². The van der Waals surface area contributed by atoms with E-state index in [4.69, 9.17) is 0 Å². The van der Waals surface area contributed by atoms with E-state index in [1.54, 1.807) is 25.2 Å². The van der Waals surface area contributed by atoms with Crippen LogP contribution in [0.25, 0.3) is 0 Å². The van der Waals surface area contributed by atoms with Crippen molar-refractivity contribution in [2.75, 3.05) is 0 Å². The molecule has 1 amide bonds. The van der Waals surface area contributed by atoms with Gasteiger partial charge in [0.15, 0.2) is 0 Å². The minimum Gasteiger partial charge on any atom is -0.322 e. The number of aryl methyl sites for hydroxylation is 1. The lowest BCUT2D eigenvalue weighted by molar-refractivity contribution is 0.0964. The Hall–Kier alpha value is -2.37. The van der Waals surface area contributed by atoms with Crippen molar-refractivity contribution in [2.45, 2.75) is 41.5 Å². The van der Waals surface area contributed by atoms with Crippen molar-refractivity contribution in [1.29, 1.82) is 0 Å². The van der Waals surface area contributed by atoms with E-state index >= 15 is 0 Å². The molecule has 1 heterocycles. The van der Waals surface area contributed by atoms with Crippen LogP contribution in [0.5, 0.6) is 0 Å². The van der Waals surface area contributed by atoms with Crippen LogP contribution >= 0.6 is 0 Å². The zero-order chi connectivity index (χ0) is 17.7. The first-order chi connectivity index (χ1) is 10.5. The van der Waals surface area contributed by atoms with E-state index in [1.807, 2.05) is 34.6 Å². The highest BCUT2D eigenvalue weighted by molar-refractivity contribution is 5.94. The molecule has 0 fully saturated rings. The number of H-pyrrole nitrogens is 1. The Morgan fingerprint density at radius 1 is 1.18 bits per heavy atom. The molecule has 0 radical (unpaired) electrons. The number of hydrogen-bond acceptors (Lipinski definition) is 3. The fraction of sp³-hybridized carbons (Fsp3) is 0.438. The predicted molar refractivity (Wildman–Crippen MR) is 91.0 cm³/mol. The normalized spacial score (nSPS) is 10.2. The van der Waals surface area contributed by atoms with Gasteiger partial charge in [0.2, 0.25) is 0 Å². The summed E-state index contributed by atoms with van der Waals surface area (Å²) in [6, 6.07) is 0. The molecule has 2 N–H and O–H groups in total. The smallest absolute Gasteiger partial charge is 0.322 e. The first-order valence-electron chi connectivity index (χ1n) is 7.40. The number of rotatable bonds is 3. The Labute approximate surface area is 131 Å². The highest BCUT2D eigenvalue weighted by atomic mass is 16.2. The molecule has 124 valence electrons. The Balaban J connectivity index is 0. The SMILES string of the molecule is C/C=C\C(=C/C)NC(=O)c1cn(C)c(=O)[nH]c1=O.CC.CC. The summed E-state index contributed by atoms with van der Waals surface area (Å²) in [6.45, 7) is 11.6. The number of allylic oxidation sites excluding steroid dienone is 3. The van der Waals surface area contributed by atoms with Gasteiger partial charge in [-0.15, -0.1) is 0 Å². The van der Waals surface area contributed by atoms with Crippen molar-refractivity contribution in [3.05, 3.63) is 56.5 Å². The van der Waals surface area contributed by atoms with E-state index in [-0.39, 0.29) is 5.56 Å². The average Bonchev–Trinajstić information content (AvgIpc) is 2.54. The van der Waals surface area contributed by atoms with Crippen LogP contribution < -0.4 is 16.6 Å². The van der Waals surface area contributed by atoms with Gasteiger partial charge in [-0.05, 0) is 19.9 Å². The standard InChI is InChI=1S/C12H15N3O3.2C2H6/c1-4-6-8(5-2)13-10(16)9-7-15(3)12(18)14-11(9)17;2*1-2/h4-7H,1-3H3,(H,13,16)(H,14,17,18);2*1-2H3/b6-4-,8-5+;;.